The van der Waals surface area contributed by atoms with Gasteiger partial charge in [0.05, 0.1) is 13.2 Å². The number of benzene rings is 1. The molecule has 0 amide bonds. The molecule has 0 atom stereocenters. The summed E-state index contributed by atoms with van der Waals surface area (Å²) in [5, 5.41) is 0. The Balaban J connectivity index is 2.14. The van der Waals surface area contributed by atoms with Crippen molar-refractivity contribution in [1.29, 1.82) is 0 Å². The highest BCUT2D eigenvalue weighted by molar-refractivity contribution is 5.46. The van der Waals surface area contributed by atoms with E-state index >= 15 is 0 Å². The van der Waals surface area contributed by atoms with E-state index in [-0.39, 0.29) is 5.60 Å². The Labute approximate surface area is 103 Å². The molecule has 2 rings (SSSR count). The van der Waals surface area contributed by atoms with Crippen LogP contribution in [0.3, 0.4) is 0 Å². The third-order valence-corrected chi connectivity index (χ3v) is 2.38. The van der Waals surface area contributed by atoms with Crippen molar-refractivity contribution in [2.24, 2.45) is 0 Å². The van der Waals surface area contributed by atoms with Crippen molar-refractivity contribution in [3.8, 4) is 17.2 Å². The first kappa shape index (κ1) is 12.1. The molecule has 0 N–H and O–H groups in total. The molecule has 17 heavy (non-hydrogen) atoms. The summed E-state index contributed by atoms with van der Waals surface area (Å²) < 4.78 is 16.9. The van der Waals surface area contributed by atoms with Crippen LogP contribution in [0.4, 0.5) is 0 Å². The van der Waals surface area contributed by atoms with Gasteiger partial charge in [0.25, 0.3) is 0 Å². The lowest BCUT2D eigenvalue weighted by Crippen LogP contribution is -2.22. The Kier molecular flexibility index (Phi) is 3.18. The van der Waals surface area contributed by atoms with Crippen LogP contribution in [0.2, 0.25) is 0 Å². The van der Waals surface area contributed by atoms with Gasteiger partial charge in [0.2, 0.25) is 0 Å². The normalized spacial score (nSPS) is 15.5. The summed E-state index contributed by atoms with van der Waals surface area (Å²) in [6, 6.07) is 5.71. The van der Waals surface area contributed by atoms with Crippen LogP contribution in [0.15, 0.2) is 18.2 Å². The van der Waals surface area contributed by atoms with E-state index < -0.39 is 0 Å². The molecule has 1 fully saturated rings. The van der Waals surface area contributed by atoms with Gasteiger partial charge in [0.15, 0.2) is 11.5 Å². The van der Waals surface area contributed by atoms with E-state index in [1.807, 2.05) is 39.0 Å². The van der Waals surface area contributed by atoms with Crippen molar-refractivity contribution in [2.45, 2.75) is 45.3 Å². The fourth-order valence-corrected chi connectivity index (χ4v) is 1.53. The molecule has 94 valence electrons. The van der Waals surface area contributed by atoms with Gasteiger partial charge in [-0.25, -0.2) is 0 Å². The van der Waals surface area contributed by atoms with E-state index in [2.05, 4.69) is 0 Å². The molecule has 0 heterocycles. The second-order valence-electron chi connectivity index (χ2n) is 5.34. The quantitative estimate of drug-likeness (QED) is 0.801. The first-order valence-electron chi connectivity index (χ1n) is 6.01. The molecule has 0 bridgehead atoms. The number of ether oxygens (including phenoxy) is 3. The largest absolute Gasteiger partial charge is 0.493 e. The van der Waals surface area contributed by atoms with Crippen molar-refractivity contribution < 1.29 is 14.2 Å². The SMILES string of the molecule is COc1cc(OC(C)(C)C)ccc1OC1CC1. The highest BCUT2D eigenvalue weighted by Crippen LogP contribution is 2.36. The molecule has 1 aromatic rings. The van der Waals surface area contributed by atoms with E-state index in [0.29, 0.717) is 6.10 Å². The predicted octanol–water partition coefficient (Wildman–Crippen LogP) is 3.41. The molecule has 1 aliphatic rings. The molecular formula is C14H20O3. The van der Waals surface area contributed by atoms with Gasteiger partial charge < -0.3 is 14.2 Å². The molecule has 0 aromatic heterocycles. The fraction of sp³-hybridized carbons (Fsp3) is 0.571. The van der Waals surface area contributed by atoms with Crippen LogP contribution in [0.1, 0.15) is 33.6 Å². The smallest absolute Gasteiger partial charge is 0.164 e. The van der Waals surface area contributed by atoms with Crippen LogP contribution in [-0.4, -0.2) is 18.8 Å². The van der Waals surface area contributed by atoms with Gasteiger partial charge in [-0.3, -0.25) is 0 Å². The van der Waals surface area contributed by atoms with Gasteiger partial charge in [0, 0.05) is 6.07 Å². The van der Waals surface area contributed by atoms with Gasteiger partial charge >= 0.3 is 0 Å². The maximum atomic E-state index is 5.78. The molecule has 3 heteroatoms. The minimum Gasteiger partial charge on any atom is -0.493 e. The molecule has 3 nitrogen and oxygen atoms in total. The Hall–Kier alpha value is -1.38. The van der Waals surface area contributed by atoms with E-state index in [1.165, 1.54) is 0 Å². The summed E-state index contributed by atoms with van der Waals surface area (Å²) in [6.07, 6.45) is 2.66. The molecule has 0 unspecified atom stereocenters. The average molecular weight is 236 g/mol. The van der Waals surface area contributed by atoms with Gasteiger partial charge in [-0.15, -0.1) is 0 Å². The topological polar surface area (TPSA) is 27.7 Å². The minimum absolute atomic E-state index is 0.204. The van der Waals surface area contributed by atoms with Crippen molar-refractivity contribution in [3.63, 3.8) is 0 Å². The Morgan fingerprint density at radius 1 is 1.12 bits per heavy atom. The zero-order chi connectivity index (χ0) is 12.5. The number of rotatable bonds is 4. The zero-order valence-electron chi connectivity index (χ0n) is 10.9. The summed E-state index contributed by atoms with van der Waals surface area (Å²) in [7, 11) is 1.65. The standard InChI is InChI=1S/C14H20O3/c1-14(2,3)17-11-7-8-12(13(9-11)15-4)16-10-5-6-10/h7-10H,5-6H2,1-4H3. The monoisotopic (exact) mass is 236 g/mol. The summed E-state index contributed by atoms with van der Waals surface area (Å²) in [5.74, 6) is 2.34. The molecule has 1 saturated carbocycles. The zero-order valence-corrected chi connectivity index (χ0v) is 10.9. The van der Waals surface area contributed by atoms with Crippen molar-refractivity contribution in [3.05, 3.63) is 18.2 Å². The van der Waals surface area contributed by atoms with Crippen molar-refractivity contribution in [2.75, 3.05) is 7.11 Å². The second-order valence-corrected chi connectivity index (χ2v) is 5.34. The number of methoxy groups -OCH3 is 1. The second kappa shape index (κ2) is 4.47. The van der Waals surface area contributed by atoms with Gasteiger partial charge in [0.1, 0.15) is 11.4 Å². The van der Waals surface area contributed by atoms with Crippen molar-refractivity contribution in [1.82, 2.24) is 0 Å². The van der Waals surface area contributed by atoms with E-state index in [1.54, 1.807) is 7.11 Å². The predicted molar refractivity (Wildman–Crippen MR) is 67.0 cm³/mol. The molecule has 0 spiro atoms. The third-order valence-electron chi connectivity index (χ3n) is 2.38. The Morgan fingerprint density at radius 2 is 1.82 bits per heavy atom. The van der Waals surface area contributed by atoms with Crippen LogP contribution >= 0.6 is 0 Å². The lowest BCUT2D eigenvalue weighted by Gasteiger charge is -2.22. The number of hydrogen-bond acceptors (Lipinski definition) is 3. The van der Waals surface area contributed by atoms with Crippen LogP contribution in [0.25, 0.3) is 0 Å². The highest BCUT2D eigenvalue weighted by atomic mass is 16.5. The van der Waals surface area contributed by atoms with Gasteiger partial charge in [-0.2, -0.15) is 0 Å². The maximum Gasteiger partial charge on any atom is 0.164 e. The molecule has 0 aliphatic heterocycles. The van der Waals surface area contributed by atoms with Gasteiger partial charge in [-0.1, -0.05) is 0 Å². The van der Waals surface area contributed by atoms with Crippen LogP contribution < -0.4 is 14.2 Å². The highest BCUT2D eigenvalue weighted by Gasteiger charge is 2.25. The average Bonchev–Trinajstić information content (AvgIpc) is 3.02. The molecule has 1 aliphatic carbocycles. The van der Waals surface area contributed by atoms with E-state index in [9.17, 15) is 0 Å². The molecule has 0 radical (unpaired) electrons. The summed E-state index contributed by atoms with van der Waals surface area (Å²) in [6.45, 7) is 6.07. The summed E-state index contributed by atoms with van der Waals surface area (Å²) in [4.78, 5) is 0. The van der Waals surface area contributed by atoms with Crippen molar-refractivity contribution >= 4 is 0 Å². The van der Waals surface area contributed by atoms with E-state index in [4.69, 9.17) is 14.2 Å². The fourth-order valence-electron chi connectivity index (χ4n) is 1.53. The van der Waals surface area contributed by atoms with Crippen LogP contribution in [-0.2, 0) is 0 Å². The first-order chi connectivity index (χ1) is 7.98. The minimum atomic E-state index is -0.204. The van der Waals surface area contributed by atoms with E-state index in [0.717, 1.165) is 30.1 Å². The first-order valence-corrected chi connectivity index (χ1v) is 6.01. The number of hydrogen-bond donors (Lipinski definition) is 0. The summed E-state index contributed by atoms with van der Waals surface area (Å²) >= 11 is 0. The van der Waals surface area contributed by atoms with Crippen LogP contribution in [0, 0.1) is 0 Å². The summed E-state index contributed by atoms with van der Waals surface area (Å²) in [5.41, 5.74) is -0.204. The van der Waals surface area contributed by atoms with Crippen LogP contribution in [0.5, 0.6) is 17.2 Å². The Bertz CT molecular complexity index is 389. The molecular weight excluding hydrogens is 216 g/mol. The third kappa shape index (κ3) is 3.55. The molecule has 0 saturated heterocycles. The lowest BCUT2D eigenvalue weighted by molar-refractivity contribution is 0.130. The Morgan fingerprint density at radius 3 is 2.35 bits per heavy atom. The van der Waals surface area contributed by atoms with Gasteiger partial charge in [-0.05, 0) is 45.7 Å². The lowest BCUT2D eigenvalue weighted by atomic mass is 10.2. The maximum absolute atomic E-state index is 5.78. The molecule has 1 aromatic carbocycles.